The maximum Gasteiger partial charge on any atom is 0.223 e. The largest absolute Gasteiger partial charge is 0.394 e. The van der Waals surface area contributed by atoms with Gasteiger partial charge in [0.2, 0.25) is 5.91 Å². The number of nitrogens with one attached hydrogen (secondary N) is 1. The number of hydrogen-bond donors (Lipinski definition) is 2. The molecule has 0 aromatic heterocycles. The van der Waals surface area contributed by atoms with E-state index in [0.717, 1.165) is 38.0 Å². The van der Waals surface area contributed by atoms with Crippen LogP contribution >= 0.6 is 0 Å². The molecule has 3 nitrogen and oxygen atoms in total. The van der Waals surface area contributed by atoms with Crippen LogP contribution in [0.2, 0.25) is 0 Å². The van der Waals surface area contributed by atoms with E-state index < -0.39 is 0 Å². The van der Waals surface area contributed by atoms with Crippen molar-refractivity contribution in [3.63, 3.8) is 0 Å². The zero-order valence-corrected chi connectivity index (χ0v) is 10.3. The van der Waals surface area contributed by atoms with Crippen LogP contribution in [0.5, 0.6) is 0 Å². The van der Waals surface area contributed by atoms with E-state index in [1.54, 1.807) is 0 Å². The van der Waals surface area contributed by atoms with E-state index in [-0.39, 0.29) is 24.0 Å². The second-order valence-electron chi connectivity index (χ2n) is 5.93. The highest BCUT2D eigenvalue weighted by Gasteiger charge is 2.43. The molecule has 2 saturated carbocycles. The molecule has 0 heterocycles. The van der Waals surface area contributed by atoms with E-state index in [2.05, 4.69) is 19.2 Å². The fourth-order valence-electron chi connectivity index (χ4n) is 2.68. The van der Waals surface area contributed by atoms with Gasteiger partial charge in [0.1, 0.15) is 0 Å². The molecule has 2 atom stereocenters. The summed E-state index contributed by atoms with van der Waals surface area (Å²) in [5.74, 6) is 1.65. The number of aliphatic hydroxyl groups is 1. The molecule has 2 aliphatic carbocycles. The van der Waals surface area contributed by atoms with Crippen molar-refractivity contribution in [2.24, 2.45) is 17.8 Å². The molecular weight excluding hydrogens is 202 g/mol. The molecule has 0 aromatic carbocycles. The third-order valence-electron chi connectivity index (χ3n) is 4.37. The predicted molar refractivity (Wildman–Crippen MR) is 62.9 cm³/mol. The van der Waals surface area contributed by atoms with Gasteiger partial charge in [-0.2, -0.15) is 0 Å². The van der Waals surface area contributed by atoms with Crippen molar-refractivity contribution in [1.82, 2.24) is 5.32 Å². The number of amides is 1. The van der Waals surface area contributed by atoms with Crippen LogP contribution in [-0.2, 0) is 4.79 Å². The topological polar surface area (TPSA) is 49.3 Å². The van der Waals surface area contributed by atoms with Crippen LogP contribution in [0.4, 0.5) is 0 Å². The predicted octanol–water partition coefficient (Wildman–Crippen LogP) is 1.70. The van der Waals surface area contributed by atoms with E-state index in [0.29, 0.717) is 5.92 Å². The van der Waals surface area contributed by atoms with Gasteiger partial charge < -0.3 is 10.4 Å². The number of hydrogen-bond acceptors (Lipinski definition) is 2. The molecule has 0 saturated heterocycles. The number of carbonyl (C=O) groups is 1. The summed E-state index contributed by atoms with van der Waals surface area (Å²) in [5.41, 5.74) is -0.314. The number of carbonyl (C=O) groups excluding carboxylic acids is 1. The Morgan fingerprint density at radius 1 is 1.38 bits per heavy atom. The first-order valence-corrected chi connectivity index (χ1v) is 6.49. The van der Waals surface area contributed by atoms with Gasteiger partial charge in [-0.1, -0.05) is 13.8 Å². The average Bonchev–Trinajstić information content (AvgIpc) is 3.00. The number of aliphatic hydroxyl groups excluding tert-OH is 1. The summed E-state index contributed by atoms with van der Waals surface area (Å²) in [7, 11) is 0. The van der Waals surface area contributed by atoms with Crippen LogP contribution in [0.25, 0.3) is 0 Å². The first-order valence-electron chi connectivity index (χ1n) is 6.49. The van der Waals surface area contributed by atoms with Crippen molar-refractivity contribution in [3.8, 4) is 0 Å². The first-order chi connectivity index (χ1) is 7.56. The Morgan fingerprint density at radius 3 is 2.38 bits per heavy atom. The van der Waals surface area contributed by atoms with Gasteiger partial charge in [-0.3, -0.25) is 4.79 Å². The van der Waals surface area contributed by atoms with Crippen molar-refractivity contribution in [2.45, 2.75) is 51.5 Å². The number of rotatable bonds is 3. The molecule has 2 fully saturated rings. The van der Waals surface area contributed by atoms with Crippen molar-refractivity contribution in [3.05, 3.63) is 0 Å². The summed E-state index contributed by atoms with van der Waals surface area (Å²) in [6, 6.07) is 0. The van der Waals surface area contributed by atoms with Gasteiger partial charge in [0.25, 0.3) is 0 Å². The third kappa shape index (κ3) is 2.40. The van der Waals surface area contributed by atoms with Crippen LogP contribution in [0, 0.1) is 17.8 Å². The molecule has 0 aliphatic heterocycles. The molecule has 0 radical (unpaired) electrons. The molecule has 92 valence electrons. The monoisotopic (exact) mass is 225 g/mol. The van der Waals surface area contributed by atoms with Crippen LogP contribution in [-0.4, -0.2) is 23.2 Å². The Labute approximate surface area is 97.6 Å². The smallest absolute Gasteiger partial charge is 0.223 e. The SMILES string of the molecule is CC1CCC(CO)(NC(=O)C2CC2C)CC1. The summed E-state index contributed by atoms with van der Waals surface area (Å²) in [6.45, 7) is 4.44. The standard InChI is InChI=1S/C13H23NO2/c1-9-3-5-13(8-15,6-4-9)14-12(16)11-7-10(11)2/h9-11,15H,3-8H2,1-2H3,(H,14,16). The van der Waals surface area contributed by atoms with Gasteiger partial charge in [0.15, 0.2) is 0 Å². The highest BCUT2D eigenvalue weighted by Crippen LogP contribution is 2.39. The summed E-state index contributed by atoms with van der Waals surface area (Å²) < 4.78 is 0. The van der Waals surface area contributed by atoms with Crippen molar-refractivity contribution < 1.29 is 9.90 Å². The van der Waals surface area contributed by atoms with Crippen LogP contribution < -0.4 is 5.32 Å². The Kier molecular flexibility index (Phi) is 3.24. The molecule has 2 unspecified atom stereocenters. The van der Waals surface area contributed by atoms with Crippen LogP contribution in [0.15, 0.2) is 0 Å². The Morgan fingerprint density at radius 2 is 1.94 bits per heavy atom. The lowest BCUT2D eigenvalue weighted by atomic mass is 9.77. The molecule has 0 bridgehead atoms. The van der Waals surface area contributed by atoms with Gasteiger partial charge in [-0.05, 0) is 43.9 Å². The first kappa shape index (κ1) is 11.9. The second kappa shape index (κ2) is 4.36. The van der Waals surface area contributed by atoms with Gasteiger partial charge >= 0.3 is 0 Å². The molecule has 2 rings (SSSR count). The second-order valence-corrected chi connectivity index (χ2v) is 5.93. The van der Waals surface area contributed by atoms with Crippen LogP contribution in [0.1, 0.15) is 46.0 Å². The molecule has 0 spiro atoms. The highest BCUT2D eigenvalue weighted by atomic mass is 16.3. The van der Waals surface area contributed by atoms with E-state index in [4.69, 9.17) is 0 Å². The summed E-state index contributed by atoms with van der Waals surface area (Å²) in [6.07, 6.45) is 5.10. The molecule has 0 aromatic rings. The minimum absolute atomic E-state index is 0.0898. The van der Waals surface area contributed by atoms with Gasteiger partial charge in [-0.25, -0.2) is 0 Å². The third-order valence-corrected chi connectivity index (χ3v) is 4.37. The molecule has 2 aliphatic rings. The molecule has 1 amide bonds. The van der Waals surface area contributed by atoms with Crippen molar-refractivity contribution in [1.29, 1.82) is 0 Å². The summed E-state index contributed by atoms with van der Waals surface area (Å²) >= 11 is 0. The highest BCUT2D eigenvalue weighted by molar-refractivity contribution is 5.82. The van der Waals surface area contributed by atoms with E-state index in [1.165, 1.54) is 0 Å². The Hall–Kier alpha value is -0.570. The average molecular weight is 225 g/mol. The van der Waals surface area contributed by atoms with E-state index in [9.17, 15) is 9.90 Å². The van der Waals surface area contributed by atoms with Gasteiger partial charge in [0.05, 0.1) is 12.1 Å². The van der Waals surface area contributed by atoms with Gasteiger partial charge in [-0.15, -0.1) is 0 Å². The van der Waals surface area contributed by atoms with Gasteiger partial charge in [0, 0.05) is 5.92 Å². The summed E-state index contributed by atoms with van der Waals surface area (Å²) in [5, 5.41) is 12.6. The maximum atomic E-state index is 11.9. The van der Waals surface area contributed by atoms with E-state index in [1.807, 2.05) is 0 Å². The fraction of sp³-hybridized carbons (Fsp3) is 0.923. The normalized spacial score (nSPS) is 42.8. The van der Waals surface area contributed by atoms with Crippen LogP contribution in [0.3, 0.4) is 0 Å². The van der Waals surface area contributed by atoms with E-state index >= 15 is 0 Å². The Bertz CT molecular complexity index is 269. The molecular formula is C13H23NO2. The van der Waals surface area contributed by atoms with Crippen molar-refractivity contribution >= 4 is 5.91 Å². The quantitative estimate of drug-likeness (QED) is 0.768. The fourth-order valence-corrected chi connectivity index (χ4v) is 2.68. The minimum atomic E-state index is -0.314. The van der Waals surface area contributed by atoms with Crippen molar-refractivity contribution in [2.75, 3.05) is 6.61 Å². The Balaban J connectivity index is 1.91. The minimum Gasteiger partial charge on any atom is -0.394 e. The zero-order chi connectivity index (χ0) is 11.8. The molecule has 3 heteroatoms. The lowest BCUT2D eigenvalue weighted by Crippen LogP contribution is -2.53. The molecule has 16 heavy (non-hydrogen) atoms. The lowest BCUT2D eigenvalue weighted by molar-refractivity contribution is -0.125. The maximum absolute atomic E-state index is 11.9. The molecule has 2 N–H and O–H groups in total. The summed E-state index contributed by atoms with van der Waals surface area (Å²) in [4.78, 5) is 11.9. The lowest BCUT2D eigenvalue weighted by Gasteiger charge is -2.38. The zero-order valence-electron chi connectivity index (χ0n) is 10.3.